The summed E-state index contributed by atoms with van der Waals surface area (Å²) in [7, 11) is -4.57. The van der Waals surface area contributed by atoms with Crippen molar-refractivity contribution in [3.63, 3.8) is 0 Å². The molecule has 31 heavy (non-hydrogen) atoms. The molecule has 0 spiro atoms. The molecular formula is C24H43KO5S. The molecule has 0 amide bonds. The van der Waals surface area contributed by atoms with Crippen LogP contribution < -0.4 is 51.4 Å². The fraction of sp³-hybridized carbons (Fsp3) is 0.750. The summed E-state index contributed by atoms with van der Waals surface area (Å²) in [5.74, 6) is -0.733. The van der Waals surface area contributed by atoms with Crippen LogP contribution in [0.15, 0.2) is 17.0 Å². The van der Waals surface area contributed by atoms with E-state index in [1.165, 1.54) is 83.1 Å². The van der Waals surface area contributed by atoms with Crippen LogP contribution in [-0.2, 0) is 16.5 Å². The topological polar surface area (TPSA) is 94.8 Å². The molecule has 1 rings (SSSR count). The third kappa shape index (κ3) is 14.3. The molecule has 3 N–H and O–H groups in total. The van der Waals surface area contributed by atoms with Crippen LogP contribution in [0.25, 0.3) is 0 Å². The first-order valence-electron chi connectivity index (χ1n) is 11.9. The summed E-state index contributed by atoms with van der Waals surface area (Å²) in [5, 5.41) is 19.7. The molecule has 0 aliphatic rings. The summed E-state index contributed by atoms with van der Waals surface area (Å²) in [4.78, 5) is -0.566. The van der Waals surface area contributed by atoms with E-state index in [0.717, 1.165) is 25.3 Å². The Bertz CT molecular complexity index is 698. The van der Waals surface area contributed by atoms with Crippen LogP contribution in [0.4, 0.5) is 0 Å². The maximum Gasteiger partial charge on any atom is 1.00 e. The van der Waals surface area contributed by atoms with E-state index in [4.69, 9.17) is 0 Å². The summed E-state index contributed by atoms with van der Waals surface area (Å²) in [5.41, 5.74) is 0.0999. The Hall–Kier alpha value is 0.366. The molecule has 0 fully saturated rings. The molecule has 0 aliphatic heterocycles. The van der Waals surface area contributed by atoms with E-state index in [1.807, 2.05) is 0 Å². The Morgan fingerprint density at radius 3 is 1.42 bits per heavy atom. The van der Waals surface area contributed by atoms with Gasteiger partial charge in [-0.2, -0.15) is 8.42 Å². The molecule has 1 aromatic rings. The van der Waals surface area contributed by atoms with Crippen molar-refractivity contribution in [3.05, 3.63) is 17.7 Å². The van der Waals surface area contributed by atoms with E-state index in [-0.39, 0.29) is 64.1 Å². The van der Waals surface area contributed by atoms with Crippen molar-refractivity contribution in [3.8, 4) is 11.5 Å². The van der Waals surface area contributed by atoms with Gasteiger partial charge in [0.2, 0.25) is 0 Å². The van der Waals surface area contributed by atoms with Crippen molar-refractivity contribution in [2.75, 3.05) is 0 Å². The van der Waals surface area contributed by atoms with E-state index in [9.17, 15) is 23.2 Å². The predicted molar refractivity (Wildman–Crippen MR) is 124 cm³/mol. The minimum Gasteiger partial charge on any atom is -1.00 e. The molecule has 5 nitrogen and oxygen atoms in total. The number of aromatic hydroxyl groups is 2. The third-order valence-corrected chi connectivity index (χ3v) is 6.72. The normalized spacial score (nSPS) is 11.4. The first-order chi connectivity index (χ1) is 14.4. The van der Waals surface area contributed by atoms with Crippen molar-refractivity contribution < 1.29 is 76.0 Å². The van der Waals surface area contributed by atoms with E-state index in [1.54, 1.807) is 0 Å². The average Bonchev–Trinajstić information content (AvgIpc) is 2.69. The zero-order valence-electron chi connectivity index (χ0n) is 20.7. The Morgan fingerprint density at radius 2 is 1.03 bits per heavy atom. The van der Waals surface area contributed by atoms with Crippen molar-refractivity contribution in [2.45, 2.75) is 121 Å². The summed E-state index contributed by atoms with van der Waals surface area (Å²) in [6, 6.07) is 2.33. The second kappa shape index (κ2) is 18.8. The monoisotopic (exact) mass is 482 g/mol. The van der Waals surface area contributed by atoms with Gasteiger partial charge in [-0.1, -0.05) is 103 Å². The fourth-order valence-corrected chi connectivity index (χ4v) is 4.83. The van der Waals surface area contributed by atoms with Gasteiger partial charge in [0.05, 0.1) is 0 Å². The number of hydrogen-bond acceptors (Lipinski definition) is 4. The van der Waals surface area contributed by atoms with Gasteiger partial charge in [0.1, 0.15) is 16.4 Å². The fourth-order valence-electron chi connectivity index (χ4n) is 3.98. The molecule has 0 radical (unpaired) electrons. The maximum absolute atomic E-state index is 11.5. The first-order valence-corrected chi connectivity index (χ1v) is 13.3. The molecule has 0 aromatic heterocycles. The quantitative estimate of drug-likeness (QED) is 0.126. The van der Waals surface area contributed by atoms with Crippen LogP contribution in [0.2, 0.25) is 0 Å². The largest absolute Gasteiger partial charge is 1.00 e. The van der Waals surface area contributed by atoms with Crippen LogP contribution in [0, 0.1) is 0 Å². The van der Waals surface area contributed by atoms with E-state index in [0.29, 0.717) is 12.8 Å². The number of benzene rings is 1. The number of rotatable bonds is 18. The maximum atomic E-state index is 11.5. The smallest absolute Gasteiger partial charge is 1.00 e. The van der Waals surface area contributed by atoms with Crippen LogP contribution in [0.3, 0.4) is 0 Å². The van der Waals surface area contributed by atoms with Crippen molar-refractivity contribution in [2.24, 2.45) is 0 Å². The summed E-state index contributed by atoms with van der Waals surface area (Å²) < 4.78 is 32.3. The molecule has 0 atom stereocenters. The molecule has 0 saturated heterocycles. The van der Waals surface area contributed by atoms with Gasteiger partial charge in [-0.3, -0.25) is 4.55 Å². The van der Waals surface area contributed by atoms with Gasteiger partial charge in [-0.25, -0.2) is 0 Å². The Kier molecular flexibility index (Phi) is 19.0. The van der Waals surface area contributed by atoms with Crippen LogP contribution in [0.5, 0.6) is 11.5 Å². The predicted octanol–water partition coefficient (Wildman–Crippen LogP) is 4.27. The van der Waals surface area contributed by atoms with Gasteiger partial charge >= 0.3 is 51.4 Å². The van der Waals surface area contributed by atoms with Crippen molar-refractivity contribution >= 4 is 10.1 Å². The number of phenolic OH excluding ortho intramolecular Hbond substituents is 2. The van der Waals surface area contributed by atoms with Gasteiger partial charge in [-0.15, -0.1) is 0 Å². The molecule has 0 bridgehead atoms. The van der Waals surface area contributed by atoms with Gasteiger partial charge in [0.25, 0.3) is 10.1 Å². The third-order valence-electron chi connectivity index (χ3n) is 5.75. The summed E-state index contributed by atoms with van der Waals surface area (Å²) in [6.45, 7) is 2.25. The average molecular weight is 483 g/mol. The second-order valence-corrected chi connectivity index (χ2v) is 9.80. The first kappa shape index (κ1) is 31.4. The number of unbranched alkanes of at least 4 members (excludes halogenated alkanes) is 15. The molecule has 0 saturated carbocycles. The van der Waals surface area contributed by atoms with Gasteiger partial charge in [-0.05, 0) is 25.0 Å². The minimum absolute atomic E-state index is 0. The zero-order valence-corrected chi connectivity index (χ0v) is 23.7. The van der Waals surface area contributed by atoms with E-state index < -0.39 is 20.8 Å². The number of hydrogen-bond donors (Lipinski definition) is 3. The Morgan fingerprint density at radius 1 is 0.677 bits per heavy atom. The molecule has 176 valence electrons. The molecule has 0 heterocycles. The van der Waals surface area contributed by atoms with E-state index in [2.05, 4.69) is 6.92 Å². The van der Waals surface area contributed by atoms with E-state index >= 15 is 0 Å². The zero-order chi connectivity index (χ0) is 22.2. The summed E-state index contributed by atoms with van der Waals surface area (Å²) >= 11 is 0. The van der Waals surface area contributed by atoms with Crippen molar-refractivity contribution in [1.29, 1.82) is 0 Å². The minimum atomic E-state index is -4.57. The summed E-state index contributed by atoms with van der Waals surface area (Å²) in [6.07, 6.45) is 20.3. The van der Waals surface area contributed by atoms with Crippen LogP contribution >= 0.6 is 0 Å². The molecule has 1 aromatic carbocycles. The van der Waals surface area contributed by atoms with Crippen LogP contribution in [0.1, 0.15) is 117 Å². The van der Waals surface area contributed by atoms with Crippen LogP contribution in [-0.4, -0.2) is 23.2 Å². The molecule has 0 aliphatic carbocycles. The standard InChI is InChI=1S/C24H42O5S.K.H/c1-2-3-4-5-6-7-8-9-10-11-12-13-14-15-16-17-18-21-22(25)19-20-23(26)24(21)30(27,28)29;;/h19-20,25-26H,2-18H2,1H3,(H,27,28,29);;/q;+1;-1. The second-order valence-electron chi connectivity index (χ2n) is 8.44. The van der Waals surface area contributed by atoms with Gasteiger partial charge in [0.15, 0.2) is 0 Å². The van der Waals surface area contributed by atoms with Gasteiger partial charge in [0, 0.05) is 5.56 Å². The Balaban J connectivity index is 0. The Labute approximate surface area is 234 Å². The molecular weight excluding hydrogens is 439 g/mol. The molecule has 0 unspecified atom stereocenters. The van der Waals surface area contributed by atoms with Crippen molar-refractivity contribution in [1.82, 2.24) is 0 Å². The number of phenols is 2. The van der Waals surface area contributed by atoms with Gasteiger partial charge < -0.3 is 11.6 Å². The molecule has 7 heteroatoms. The SMILES string of the molecule is CCCCCCCCCCCCCCCCCCc1c(O)ccc(O)c1S(=O)(=O)O.[H-].[K+].